The Morgan fingerprint density at radius 2 is 1.21 bits per heavy atom. The predicted molar refractivity (Wildman–Crippen MR) is 105 cm³/mol. The van der Waals surface area contributed by atoms with Crippen molar-refractivity contribution in [2.24, 2.45) is 0 Å². The molecule has 0 atom stereocenters. The zero-order valence-electron chi connectivity index (χ0n) is 13.4. The standard InChI is InChI=1S/C23H19N/c1(3-6-12-20-13-7-5-8-14-20)2-4-9-16-22-19-18-21-15-10-11-17-23(21)24-22/h1-19H. The van der Waals surface area contributed by atoms with E-state index in [1.807, 2.05) is 85.0 Å². The molecule has 24 heavy (non-hydrogen) atoms. The molecule has 0 saturated carbocycles. The summed E-state index contributed by atoms with van der Waals surface area (Å²) in [5.74, 6) is 0. The molecule has 1 heteroatoms. The van der Waals surface area contributed by atoms with Gasteiger partial charge in [0.05, 0.1) is 11.2 Å². The lowest BCUT2D eigenvalue weighted by atomic mass is 10.2. The van der Waals surface area contributed by atoms with Gasteiger partial charge in [-0.3, -0.25) is 0 Å². The molecule has 0 amide bonds. The smallest absolute Gasteiger partial charge is 0.0709 e. The van der Waals surface area contributed by atoms with E-state index in [4.69, 9.17) is 0 Å². The monoisotopic (exact) mass is 309 g/mol. The molecule has 2 aromatic carbocycles. The van der Waals surface area contributed by atoms with Gasteiger partial charge in [-0.1, -0.05) is 97.1 Å². The molecular formula is C23H19N. The van der Waals surface area contributed by atoms with Gasteiger partial charge >= 0.3 is 0 Å². The molecule has 0 aliphatic rings. The molecule has 116 valence electrons. The van der Waals surface area contributed by atoms with E-state index in [9.17, 15) is 0 Å². The van der Waals surface area contributed by atoms with E-state index in [0.29, 0.717) is 0 Å². The second kappa shape index (κ2) is 8.44. The molecule has 0 fully saturated rings. The van der Waals surface area contributed by atoms with E-state index in [1.54, 1.807) is 0 Å². The van der Waals surface area contributed by atoms with Gasteiger partial charge in [-0.2, -0.15) is 0 Å². The molecule has 1 heterocycles. The Kier molecular flexibility index (Phi) is 5.52. The van der Waals surface area contributed by atoms with Gasteiger partial charge < -0.3 is 0 Å². The third kappa shape index (κ3) is 4.65. The maximum atomic E-state index is 4.61. The number of aromatic nitrogens is 1. The van der Waals surface area contributed by atoms with Gasteiger partial charge in [0.1, 0.15) is 0 Å². The second-order valence-electron chi connectivity index (χ2n) is 5.33. The fraction of sp³-hybridized carbons (Fsp3) is 0. The lowest BCUT2D eigenvalue weighted by molar-refractivity contribution is 1.37. The number of rotatable bonds is 5. The van der Waals surface area contributed by atoms with Crippen molar-refractivity contribution in [3.8, 4) is 0 Å². The van der Waals surface area contributed by atoms with Crippen LogP contribution in [0.5, 0.6) is 0 Å². The van der Waals surface area contributed by atoms with Gasteiger partial charge in [0, 0.05) is 5.39 Å². The Hall–Kier alpha value is -3.19. The van der Waals surface area contributed by atoms with Gasteiger partial charge in [0.15, 0.2) is 0 Å². The first-order chi connectivity index (χ1) is 11.9. The van der Waals surface area contributed by atoms with E-state index >= 15 is 0 Å². The van der Waals surface area contributed by atoms with Crippen molar-refractivity contribution < 1.29 is 0 Å². The average molecular weight is 309 g/mol. The van der Waals surface area contributed by atoms with Crippen LogP contribution in [0.1, 0.15) is 11.3 Å². The Morgan fingerprint density at radius 3 is 2.04 bits per heavy atom. The van der Waals surface area contributed by atoms with Crippen LogP contribution in [0.3, 0.4) is 0 Å². The summed E-state index contributed by atoms with van der Waals surface area (Å²) < 4.78 is 0. The summed E-state index contributed by atoms with van der Waals surface area (Å²) in [6.45, 7) is 0. The summed E-state index contributed by atoms with van der Waals surface area (Å²) in [5, 5.41) is 1.17. The number of para-hydroxylation sites is 1. The van der Waals surface area contributed by atoms with Crippen molar-refractivity contribution in [3.63, 3.8) is 0 Å². The van der Waals surface area contributed by atoms with Crippen LogP contribution in [0.15, 0.2) is 103 Å². The molecule has 0 unspecified atom stereocenters. The molecule has 0 spiro atoms. The minimum atomic E-state index is 0.964. The molecule has 0 aliphatic heterocycles. The zero-order valence-corrected chi connectivity index (χ0v) is 13.4. The number of hydrogen-bond acceptors (Lipinski definition) is 1. The minimum absolute atomic E-state index is 0.964. The van der Waals surface area contributed by atoms with Crippen molar-refractivity contribution in [1.82, 2.24) is 4.98 Å². The number of pyridine rings is 1. The Bertz CT molecular complexity index is 899. The normalized spacial score (nSPS) is 12.3. The molecule has 0 saturated heterocycles. The summed E-state index contributed by atoms with van der Waals surface area (Å²) in [6.07, 6.45) is 16.2. The van der Waals surface area contributed by atoms with E-state index in [1.165, 1.54) is 10.9 Å². The summed E-state index contributed by atoms with van der Waals surface area (Å²) in [6, 6.07) is 22.5. The summed E-state index contributed by atoms with van der Waals surface area (Å²) in [4.78, 5) is 4.61. The van der Waals surface area contributed by atoms with Crippen molar-refractivity contribution >= 4 is 23.1 Å². The number of nitrogens with zero attached hydrogens (tertiary/aromatic N) is 1. The molecule has 3 aromatic rings. The highest BCUT2D eigenvalue weighted by molar-refractivity contribution is 5.79. The second-order valence-corrected chi connectivity index (χ2v) is 5.33. The molecule has 0 aliphatic carbocycles. The third-order valence-corrected chi connectivity index (χ3v) is 3.53. The summed E-state index contributed by atoms with van der Waals surface area (Å²) in [5.41, 5.74) is 3.19. The van der Waals surface area contributed by atoms with Crippen molar-refractivity contribution in [3.05, 3.63) is 114 Å². The Morgan fingerprint density at radius 1 is 0.542 bits per heavy atom. The SMILES string of the molecule is C(C=CC=Cc1ccc2ccccc2n1)=CC=Cc1ccccc1. The van der Waals surface area contributed by atoms with Gasteiger partial charge in [-0.05, 0) is 23.8 Å². The van der Waals surface area contributed by atoms with Gasteiger partial charge in [-0.25, -0.2) is 4.98 Å². The number of benzene rings is 2. The predicted octanol–water partition coefficient (Wildman–Crippen LogP) is 6.07. The first kappa shape index (κ1) is 15.7. The maximum absolute atomic E-state index is 4.61. The highest BCUT2D eigenvalue weighted by Gasteiger charge is 1.93. The highest BCUT2D eigenvalue weighted by Crippen LogP contribution is 2.12. The summed E-state index contributed by atoms with van der Waals surface area (Å²) in [7, 11) is 0. The van der Waals surface area contributed by atoms with E-state index in [2.05, 4.69) is 35.3 Å². The number of fused-ring (bicyclic) bond motifs is 1. The Balaban J connectivity index is 1.54. The molecule has 3 rings (SSSR count). The van der Waals surface area contributed by atoms with Crippen LogP contribution in [-0.4, -0.2) is 4.98 Å². The number of allylic oxidation sites excluding steroid dienone is 6. The van der Waals surface area contributed by atoms with E-state index in [0.717, 1.165) is 11.2 Å². The highest BCUT2D eigenvalue weighted by atomic mass is 14.7. The zero-order chi connectivity index (χ0) is 16.5. The van der Waals surface area contributed by atoms with Crippen LogP contribution in [0.25, 0.3) is 23.1 Å². The van der Waals surface area contributed by atoms with Crippen LogP contribution in [-0.2, 0) is 0 Å². The van der Waals surface area contributed by atoms with Crippen LogP contribution in [0.4, 0.5) is 0 Å². The third-order valence-electron chi connectivity index (χ3n) is 3.53. The molecular weight excluding hydrogens is 290 g/mol. The van der Waals surface area contributed by atoms with Crippen molar-refractivity contribution in [2.45, 2.75) is 0 Å². The molecule has 1 aromatic heterocycles. The lowest BCUT2D eigenvalue weighted by Crippen LogP contribution is -1.81. The van der Waals surface area contributed by atoms with Gasteiger partial charge in [0.25, 0.3) is 0 Å². The molecule has 0 radical (unpaired) electrons. The largest absolute Gasteiger partial charge is 0.248 e. The van der Waals surface area contributed by atoms with E-state index < -0.39 is 0 Å². The Labute approximate surface area is 143 Å². The first-order valence-electron chi connectivity index (χ1n) is 8.01. The van der Waals surface area contributed by atoms with Crippen molar-refractivity contribution in [1.29, 1.82) is 0 Å². The van der Waals surface area contributed by atoms with Crippen LogP contribution in [0, 0.1) is 0 Å². The topological polar surface area (TPSA) is 12.9 Å². The fourth-order valence-electron chi connectivity index (χ4n) is 2.32. The van der Waals surface area contributed by atoms with Crippen LogP contribution >= 0.6 is 0 Å². The maximum Gasteiger partial charge on any atom is 0.0709 e. The lowest BCUT2D eigenvalue weighted by Gasteiger charge is -1.97. The van der Waals surface area contributed by atoms with E-state index in [-0.39, 0.29) is 0 Å². The first-order valence-corrected chi connectivity index (χ1v) is 8.01. The van der Waals surface area contributed by atoms with Gasteiger partial charge in [0.2, 0.25) is 0 Å². The molecule has 0 bridgehead atoms. The molecule has 0 N–H and O–H groups in total. The van der Waals surface area contributed by atoms with Crippen LogP contribution in [0.2, 0.25) is 0 Å². The minimum Gasteiger partial charge on any atom is -0.248 e. The fourth-order valence-corrected chi connectivity index (χ4v) is 2.32. The average Bonchev–Trinajstić information content (AvgIpc) is 2.64. The van der Waals surface area contributed by atoms with Gasteiger partial charge in [-0.15, -0.1) is 0 Å². The van der Waals surface area contributed by atoms with Crippen molar-refractivity contribution in [2.75, 3.05) is 0 Å². The molecule has 1 nitrogen and oxygen atoms in total. The quantitative estimate of drug-likeness (QED) is 0.521. The van der Waals surface area contributed by atoms with Crippen LogP contribution < -0.4 is 0 Å². The summed E-state index contributed by atoms with van der Waals surface area (Å²) >= 11 is 0. The number of hydrogen-bond donors (Lipinski definition) is 0.